The van der Waals surface area contributed by atoms with E-state index in [2.05, 4.69) is 167 Å². The van der Waals surface area contributed by atoms with E-state index in [0.29, 0.717) is 0 Å². The van der Waals surface area contributed by atoms with E-state index in [4.69, 9.17) is 4.99 Å². The van der Waals surface area contributed by atoms with E-state index in [-0.39, 0.29) is 6.17 Å². The van der Waals surface area contributed by atoms with Gasteiger partial charge in [-0.2, -0.15) is 0 Å². The third kappa shape index (κ3) is 4.91. The van der Waals surface area contributed by atoms with E-state index in [0.717, 1.165) is 40.3 Å². The number of hydrogen-bond acceptors (Lipinski definition) is 3. The molecule has 0 spiro atoms. The zero-order valence-electron chi connectivity index (χ0n) is 25.8. The van der Waals surface area contributed by atoms with Crippen molar-refractivity contribution in [3.63, 3.8) is 0 Å². The summed E-state index contributed by atoms with van der Waals surface area (Å²) in [7, 11) is 0. The van der Waals surface area contributed by atoms with Gasteiger partial charge in [0.15, 0.2) is 0 Å². The summed E-state index contributed by atoms with van der Waals surface area (Å²) in [6.45, 7) is 0.853. The van der Waals surface area contributed by atoms with Crippen molar-refractivity contribution in [3.8, 4) is 5.69 Å². The molecule has 2 aliphatic heterocycles. The SMILES string of the molecule is C1=CC(c2ccc(C3=CC(c4ccc(-n5c6ccccc6c6cc7ccccc7cc65)cc4)=NC(c4ccccc4)N3)cc2)=CCN1. The third-order valence-corrected chi connectivity index (χ3v) is 9.27. The highest BCUT2D eigenvalue weighted by molar-refractivity contribution is 6.14. The fourth-order valence-electron chi connectivity index (χ4n) is 6.88. The molecule has 3 heterocycles. The summed E-state index contributed by atoms with van der Waals surface area (Å²) >= 11 is 0. The van der Waals surface area contributed by atoms with Gasteiger partial charge in [-0.05, 0) is 87.3 Å². The number of allylic oxidation sites excluding steroid dienone is 3. The van der Waals surface area contributed by atoms with Gasteiger partial charge < -0.3 is 15.2 Å². The fourth-order valence-corrected chi connectivity index (χ4v) is 6.88. The van der Waals surface area contributed by atoms with Gasteiger partial charge >= 0.3 is 0 Å². The van der Waals surface area contributed by atoms with Crippen LogP contribution in [0.5, 0.6) is 0 Å². The second-order valence-corrected chi connectivity index (χ2v) is 12.1. The van der Waals surface area contributed by atoms with Crippen LogP contribution < -0.4 is 10.6 Å². The van der Waals surface area contributed by atoms with Crippen molar-refractivity contribution >= 4 is 49.6 Å². The summed E-state index contributed by atoms with van der Waals surface area (Å²) in [5, 5.41) is 12.0. The van der Waals surface area contributed by atoms with Crippen LogP contribution in [0.15, 0.2) is 169 Å². The standard InChI is InChI=1S/C43H32N4/c1-2-8-33(9-3-1)43-45-39(31-16-14-29(15-17-31)30-22-24-44-25-23-30)28-40(46-43)32-18-20-36(21-19-32)47-41-13-7-6-12-37(41)38-26-34-10-4-5-11-35(34)27-42(38)47/h1-24,26-28,43-45H,25H2. The Labute approximate surface area is 273 Å². The second-order valence-electron chi connectivity index (χ2n) is 12.1. The zero-order valence-corrected chi connectivity index (χ0v) is 25.8. The molecule has 4 heteroatoms. The molecule has 0 fully saturated rings. The number of nitrogens with one attached hydrogen (secondary N) is 2. The number of aliphatic imine (C=N–C) groups is 1. The van der Waals surface area contributed by atoms with E-state index in [1.165, 1.54) is 43.7 Å². The molecule has 0 saturated carbocycles. The van der Waals surface area contributed by atoms with Crippen LogP contribution in [0, 0.1) is 0 Å². The Morgan fingerprint density at radius 2 is 1.32 bits per heavy atom. The first-order valence-electron chi connectivity index (χ1n) is 16.1. The van der Waals surface area contributed by atoms with Crippen molar-refractivity contribution in [1.29, 1.82) is 0 Å². The molecule has 224 valence electrons. The van der Waals surface area contributed by atoms with Gasteiger partial charge in [-0.1, -0.05) is 115 Å². The number of rotatable bonds is 5. The first kappa shape index (κ1) is 27.2. The van der Waals surface area contributed by atoms with Crippen LogP contribution in [0.1, 0.15) is 28.4 Å². The maximum absolute atomic E-state index is 5.21. The topological polar surface area (TPSA) is 41.4 Å². The fraction of sp³-hybridized carbons (Fsp3) is 0.0465. The number of benzene rings is 6. The maximum atomic E-state index is 5.21. The summed E-state index contributed by atoms with van der Waals surface area (Å²) < 4.78 is 2.38. The molecule has 47 heavy (non-hydrogen) atoms. The van der Waals surface area contributed by atoms with Crippen LogP contribution in [0.3, 0.4) is 0 Å². The lowest BCUT2D eigenvalue weighted by Crippen LogP contribution is -2.24. The second kappa shape index (κ2) is 11.3. The molecule has 7 aromatic rings. The summed E-state index contributed by atoms with van der Waals surface area (Å²) in [5.74, 6) is 0. The number of fused-ring (bicyclic) bond motifs is 4. The molecule has 2 aliphatic rings. The van der Waals surface area contributed by atoms with Crippen LogP contribution in [0.25, 0.3) is 49.5 Å². The van der Waals surface area contributed by atoms with E-state index in [1.54, 1.807) is 0 Å². The Kier molecular flexibility index (Phi) is 6.57. The van der Waals surface area contributed by atoms with E-state index >= 15 is 0 Å². The van der Waals surface area contributed by atoms with Gasteiger partial charge in [0.25, 0.3) is 0 Å². The molecule has 0 saturated heterocycles. The average Bonchev–Trinajstić information content (AvgIpc) is 3.47. The molecule has 0 aliphatic carbocycles. The summed E-state index contributed by atoms with van der Waals surface area (Å²) in [6, 6.07) is 50.1. The minimum absolute atomic E-state index is 0.189. The molecule has 6 aromatic carbocycles. The van der Waals surface area contributed by atoms with Crippen LogP contribution in [-0.2, 0) is 0 Å². The monoisotopic (exact) mass is 604 g/mol. The molecule has 1 atom stereocenters. The molecular formula is C43H32N4. The molecule has 0 radical (unpaired) electrons. The number of nitrogens with zero attached hydrogens (tertiary/aromatic N) is 2. The highest BCUT2D eigenvalue weighted by atomic mass is 15.1. The van der Waals surface area contributed by atoms with Gasteiger partial charge in [0.05, 0.1) is 16.7 Å². The quantitative estimate of drug-likeness (QED) is 0.205. The maximum Gasteiger partial charge on any atom is 0.145 e. The van der Waals surface area contributed by atoms with E-state index < -0.39 is 0 Å². The average molecular weight is 605 g/mol. The van der Waals surface area contributed by atoms with Crippen LogP contribution in [0.2, 0.25) is 0 Å². The van der Waals surface area contributed by atoms with Crippen LogP contribution in [-0.4, -0.2) is 16.8 Å². The Bertz CT molecular complexity index is 2410. The number of hydrogen-bond donors (Lipinski definition) is 2. The van der Waals surface area contributed by atoms with Crippen molar-refractivity contribution in [2.75, 3.05) is 6.54 Å². The molecule has 1 aromatic heterocycles. The number of aromatic nitrogens is 1. The van der Waals surface area contributed by atoms with E-state index in [9.17, 15) is 0 Å². The van der Waals surface area contributed by atoms with Gasteiger partial charge in [0.1, 0.15) is 6.17 Å². The summed E-state index contributed by atoms with van der Waals surface area (Å²) in [4.78, 5) is 5.21. The Morgan fingerprint density at radius 1 is 0.617 bits per heavy atom. The highest BCUT2D eigenvalue weighted by Gasteiger charge is 2.20. The largest absolute Gasteiger partial charge is 0.387 e. The van der Waals surface area contributed by atoms with Crippen LogP contribution >= 0.6 is 0 Å². The molecule has 0 bridgehead atoms. The summed E-state index contributed by atoms with van der Waals surface area (Å²) in [6.07, 6.45) is 8.34. The minimum atomic E-state index is -0.189. The Hall–Kier alpha value is -6.13. The van der Waals surface area contributed by atoms with Gasteiger partial charge in [-0.15, -0.1) is 0 Å². The van der Waals surface area contributed by atoms with Gasteiger partial charge in [-0.3, -0.25) is 4.99 Å². The molecular weight excluding hydrogens is 573 g/mol. The van der Waals surface area contributed by atoms with Gasteiger partial charge in [0, 0.05) is 28.7 Å². The smallest absolute Gasteiger partial charge is 0.145 e. The van der Waals surface area contributed by atoms with Crippen molar-refractivity contribution < 1.29 is 0 Å². The lowest BCUT2D eigenvalue weighted by Gasteiger charge is -2.25. The Morgan fingerprint density at radius 3 is 2.11 bits per heavy atom. The Balaban J connectivity index is 1.12. The first-order chi connectivity index (χ1) is 23.3. The number of dihydropyridines is 1. The third-order valence-electron chi connectivity index (χ3n) is 9.27. The predicted octanol–water partition coefficient (Wildman–Crippen LogP) is 9.57. The van der Waals surface area contributed by atoms with Crippen molar-refractivity contribution in [2.24, 2.45) is 4.99 Å². The zero-order chi connectivity index (χ0) is 31.2. The van der Waals surface area contributed by atoms with Crippen molar-refractivity contribution in [1.82, 2.24) is 15.2 Å². The lowest BCUT2D eigenvalue weighted by atomic mass is 9.98. The lowest BCUT2D eigenvalue weighted by molar-refractivity contribution is 0.664. The molecule has 4 nitrogen and oxygen atoms in total. The first-order valence-corrected chi connectivity index (χ1v) is 16.1. The van der Waals surface area contributed by atoms with Crippen molar-refractivity contribution in [2.45, 2.75) is 6.17 Å². The molecule has 0 amide bonds. The van der Waals surface area contributed by atoms with E-state index in [1.807, 2.05) is 12.3 Å². The van der Waals surface area contributed by atoms with Gasteiger partial charge in [-0.25, -0.2) is 0 Å². The molecule has 1 unspecified atom stereocenters. The number of para-hydroxylation sites is 1. The molecule has 9 rings (SSSR count). The predicted molar refractivity (Wildman–Crippen MR) is 197 cm³/mol. The van der Waals surface area contributed by atoms with Crippen LogP contribution in [0.4, 0.5) is 0 Å². The highest BCUT2D eigenvalue weighted by Crippen LogP contribution is 2.35. The normalized spacial score (nSPS) is 16.0. The van der Waals surface area contributed by atoms with Crippen molar-refractivity contribution in [3.05, 3.63) is 186 Å². The van der Waals surface area contributed by atoms with Gasteiger partial charge in [0.2, 0.25) is 0 Å². The minimum Gasteiger partial charge on any atom is -0.387 e. The molecule has 2 N–H and O–H groups in total. The summed E-state index contributed by atoms with van der Waals surface area (Å²) in [5.41, 5.74) is 11.4.